The van der Waals surface area contributed by atoms with E-state index in [2.05, 4.69) is 5.32 Å². The molecule has 1 fully saturated rings. The van der Waals surface area contributed by atoms with Crippen LogP contribution in [-0.2, 0) is 7.05 Å². The van der Waals surface area contributed by atoms with Crippen LogP contribution in [0, 0.1) is 0 Å². The van der Waals surface area contributed by atoms with Crippen molar-refractivity contribution in [1.82, 2.24) is 4.57 Å². The Morgan fingerprint density at radius 2 is 1.92 bits per heavy atom. The second-order valence-corrected chi connectivity index (χ2v) is 6.21. The van der Waals surface area contributed by atoms with Gasteiger partial charge in [-0.3, -0.25) is 9.59 Å². The van der Waals surface area contributed by atoms with Crippen molar-refractivity contribution < 1.29 is 14.3 Å². The molecule has 25 heavy (non-hydrogen) atoms. The number of ether oxygens (including phenoxy) is 2. The van der Waals surface area contributed by atoms with E-state index >= 15 is 0 Å². The largest absolute Gasteiger partial charge is 0.493 e. The van der Waals surface area contributed by atoms with Gasteiger partial charge >= 0.3 is 0 Å². The Balaban J connectivity index is 1.78. The number of nitrogens with zero attached hydrogens (tertiary/aromatic N) is 1. The molecule has 1 aromatic carbocycles. The zero-order chi connectivity index (χ0) is 17.8. The predicted molar refractivity (Wildman–Crippen MR) is 95.5 cm³/mol. The van der Waals surface area contributed by atoms with E-state index in [1.54, 1.807) is 44.6 Å². The van der Waals surface area contributed by atoms with Crippen LogP contribution in [0.5, 0.6) is 11.5 Å². The van der Waals surface area contributed by atoms with Crippen LogP contribution in [0.1, 0.15) is 36.0 Å². The number of carbonyl (C=O) groups is 1. The van der Waals surface area contributed by atoms with Gasteiger partial charge in [0.1, 0.15) is 0 Å². The quantitative estimate of drug-likeness (QED) is 0.907. The first-order valence-electron chi connectivity index (χ1n) is 8.39. The molecule has 3 rings (SSSR count). The summed E-state index contributed by atoms with van der Waals surface area (Å²) in [5, 5.41) is 2.80. The molecule has 1 saturated carbocycles. The molecule has 0 saturated heterocycles. The van der Waals surface area contributed by atoms with Crippen LogP contribution < -0.4 is 20.3 Å². The first-order chi connectivity index (χ1) is 12.1. The maximum Gasteiger partial charge on any atom is 0.255 e. The summed E-state index contributed by atoms with van der Waals surface area (Å²) in [6.45, 7) is 0. The third-order valence-corrected chi connectivity index (χ3v) is 4.38. The fourth-order valence-corrected chi connectivity index (χ4v) is 2.93. The van der Waals surface area contributed by atoms with Gasteiger partial charge in [-0.25, -0.2) is 0 Å². The number of benzene rings is 1. The molecular formula is C19H22N2O4. The first-order valence-corrected chi connectivity index (χ1v) is 8.39. The van der Waals surface area contributed by atoms with Gasteiger partial charge in [0.15, 0.2) is 11.5 Å². The van der Waals surface area contributed by atoms with Crippen molar-refractivity contribution in [1.29, 1.82) is 0 Å². The zero-order valence-electron chi connectivity index (χ0n) is 14.5. The van der Waals surface area contributed by atoms with Crippen molar-refractivity contribution in [2.75, 3.05) is 12.4 Å². The number of pyridine rings is 1. The van der Waals surface area contributed by atoms with Gasteiger partial charge in [0.05, 0.1) is 13.2 Å². The number of anilines is 1. The average molecular weight is 342 g/mol. The monoisotopic (exact) mass is 342 g/mol. The smallest absolute Gasteiger partial charge is 0.255 e. The lowest BCUT2D eigenvalue weighted by molar-refractivity contribution is 0.102. The molecule has 0 spiro atoms. The first kappa shape index (κ1) is 17.1. The van der Waals surface area contributed by atoms with Crippen molar-refractivity contribution in [2.45, 2.75) is 31.8 Å². The molecule has 1 heterocycles. The highest BCUT2D eigenvalue weighted by atomic mass is 16.5. The van der Waals surface area contributed by atoms with Crippen molar-refractivity contribution in [2.24, 2.45) is 7.05 Å². The topological polar surface area (TPSA) is 69.6 Å². The molecule has 1 amide bonds. The number of hydrogen-bond donors (Lipinski definition) is 1. The molecule has 0 atom stereocenters. The fraction of sp³-hybridized carbons (Fsp3) is 0.368. The Morgan fingerprint density at radius 1 is 1.16 bits per heavy atom. The summed E-state index contributed by atoms with van der Waals surface area (Å²) >= 11 is 0. The van der Waals surface area contributed by atoms with Crippen LogP contribution >= 0.6 is 0 Å². The van der Waals surface area contributed by atoms with E-state index in [4.69, 9.17) is 9.47 Å². The van der Waals surface area contributed by atoms with E-state index in [0.717, 1.165) is 12.8 Å². The van der Waals surface area contributed by atoms with Gasteiger partial charge in [-0.2, -0.15) is 0 Å². The van der Waals surface area contributed by atoms with Crippen LogP contribution in [0.3, 0.4) is 0 Å². The molecule has 0 bridgehead atoms. The minimum atomic E-state index is -0.338. The Morgan fingerprint density at radius 3 is 2.60 bits per heavy atom. The van der Waals surface area contributed by atoms with Crippen molar-refractivity contribution in [3.8, 4) is 11.5 Å². The fourth-order valence-electron chi connectivity index (χ4n) is 2.93. The van der Waals surface area contributed by atoms with Crippen molar-refractivity contribution in [3.05, 3.63) is 52.4 Å². The lowest BCUT2D eigenvalue weighted by atomic mass is 10.2. The molecule has 0 unspecified atom stereocenters. The summed E-state index contributed by atoms with van der Waals surface area (Å²) < 4.78 is 12.8. The van der Waals surface area contributed by atoms with E-state index < -0.39 is 0 Å². The molecular weight excluding hydrogens is 320 g/mol. The highest BCUT2D eigenvalue weighted by molar-refractivity contribution is 6.04. The number of rotatable bonds is 5. The third kappa shape index (κ3) is 4.02. The van der Waals surface area contributed by atoms with Gasteiger partial charge in [0.25, 0.3) is 11.5 Å². The number of hydrogen-bond acceptors (Lipinski definition) is 4. The molecule has 1 N–H and O–H groups in total. The molecule has 132 valence electrons. The maximum atomic E-state index is 12.4. The highest BCUT2D eigenvalue weighted by Crippen LogP contribution is 2.34. The van der Waals surface area contributed by atoms with Crippen LogP contribution in [0.25, 0.3) is 0 Å². The maximum absolute atomic E-state index is 12.4. The average Bonchev–Trinajstić information content (AvgIpc) is 3.10. The summed E-state index contributed by atoms with van der Waals surface area (Å²) in [5.74, 6) is 0.921. The van der Waals surface area contributed by atoms with Gasteiger partial charge < -0.3 is 19.4 Å². The Kier molecular flexibility index (Phi) is 5.07. The molecule has 1 aliphatic carbocycles. The summed E-state index contributed by atoms with van der Waals surface area (Å²) in [7, 11) is 3.23. The number of methoxy groups -OCH3 is 1. The van der Waals surface area contributed by atoms with Crippen molar-refractivity contribution >= 4 is 11.6 Å². The van der Waals surface area contributed by atoms with Crippen LogP contribution in [0.15, 0.2) is 41.3 Å². The van der Waals surface area contributed by atoms with Gasteiger partial charge in [0, 0.05) is 36.6 Å². The van der Waals surface area contributed by atoms with Crippen LogP contribution in [-0.4, -0.2) is 23.7 Å². The Hall–Kier alpha value is -2.76. The number of aromatic nitrogens is 1. The third-order valence-electron chi connectivity index (χ3n) is 4.38. The Bertz CT molecular complexity index is 822. The van der Waals surface area contributed by atoms with E-state index in [0.29, 0.717) is 22.7 Å². The van der Waals surface area contributed by atoms with Crippen LogP contribution in [0.4, 0.5) is 5.69 Å². The van der Waals surface area contributed by atoms with E-state index in [9.17, 15) is 9.59 Å². The van der Waals surface area contributed by atoms with Gasteiger partial charge in [-0.1, -0.05) is 0 Å². The molecule has 0 aliphatic heterocycles. The molecule has 1 aliphatic rings. The number of nitrogens with one attached hydrogen (secondary N) is 1. The number of carbonyl (C=O) groups excluding carboxylic acids is 1. The molecule has 1 aromatic heterocycles. The minimum absolute atomic E-state index is 0.192. The normalized spacial score (nSPS) is 14.3. The highest BCUT2D eigenvalue weighted by Gasteiger charge is 2.19. The van der Waals surface area contributed by atoms with Crippen molar-refractivity contribution in [3.63, 3.8) is 0 Å². The predicted octanol–water partition coefficient (Wildman–Crippen LogP) is 2.97. The lowest BCUT2D eigenvalue weighted by Crippen LogP contribution is -2.20. The summed E-state index contributed by atoms with van der Waals surface area (Å²) in [6, 6.07) is 8.20. The Labute approximate surface area is 146 Å². The molecule has 2 aromatic rings. The standard InChI is InChI=1S/C19H22N2O4/c1-21-10-9-13(11-18(21)22)19(23)20-14-7-8-16(24-2)17(12-14)25-15-5-3-4-6-15/h7-12,15H,3-6H2,1-2H3,(H,20,23). The number of amides is 1. The SMILES string of the molecule is COc1ccc(NC(=O)c2ccn(C)c(=O)c2)cc1OC1CCCC1. The summed E-state index contributed by atoms with van der Waals surface area (Å²) in [4.78, 5) is 24.0. The lowest BCUT2D eigenvalue weighted by Gasteiger charge is -2.17. The van der Waals surface area contributed by atoms with Gasteiger partial charge in [-0.15, -0.1) is 0 Å². The second-order valence-electron chi connectivity index (χ2n) is 6.21. The van der Waals surface area contributed by atoms with E-state index in [1.807, 2.05) is 0 Å². The molecule has 0 radical (unpaired) electrons. The summed E-state index contributed by atoms with van der Waals surface area (Å²) in [5.41, 5.74) is 0.685. The second kappa shape index (κ2) is 7.42. The van der Waals surface area contributed by atoms with E-state index in [-0.39, 0.29) is 17.6 Å². The van der Waals surface area contributed by atoms with E-state index in [1.165, 1.54) is 23.5 Å². The van der Waals surface area contributed by atoms with Gasteiger partial charge in [-0.05, 0) is 43.9 Å². The molecule has 6 nitrogen and oxygen atoms in total. The number of aryl methyl sites for hydroxylation is 1. The summed E-state index contributed by atoms with van der Waals surface area (Å²) in [6.07, 6.45) is 6.18. The van der Waals surface area contributed by atoms with Crippen LogP contribution in [0.2, 0.25) is 0 Å². The van der Waals surface area contributed by atoms with Gasteiger partial charge in [0.2, 0.25) is 0 Å². The minimum Gasteiger partial charge on any atom is -0.493 e. The zero-order valence-corrected chi connectivity index (χ0v) is 14.5. The molecule has 6 heteroatoms.